The number of fused-ring (bicyclic) bond motifs is 1. The van der Waals surface area contributed by atoms with Gasteiger partial charge in [0.15, 0.2) is 5.16 Å². The van der Waals surface area contributed by atoms with Gasteiger partial charge in [-0.25, -0.2) is 9.78 Å². The third-order valence-electron chi connectivity index (χ3n) is 2.97. The van der Waals surface area contributed by atoms with Gasteiger partial charge in [0.2, 0.25) is 5.91 Å². The summed E-state index contributed by atoms with van der Waals surface area (Å²) in [7, 11) is 0. The number of carbonyl (C=O) groups is 2. The molecule has 24 heavy (non-hydrogen) atoms. The lowest BCUT2D eigenvalue weighted by atomic mass is 10.3. The molecular formula is C14H15F3N4O2S. The zero-order chi connectivity index (χ0) is 17.7. The Hall–Kier alpha value is -2.23. The highest BCUT2D eigenvalue weighted by atomic mass is 32.2. The van der Waals surface area contributed by atoms with Crippen molar-refractivity contribution in [3.63, 3.8) is 0 Å². The molecule has 130 valence electrons. The maximum absolute atomic E-state index is 12.0. The molecule has 0 aliphatic rings. The topological polar surface area (TPSA) is 76.0 Å². The van der Waals surface area contributed by atoms with E-state index in [0.29, 0.717) is 11.7 Å². The molecule has 2 aromatic rings. The number of nitrogens with one attached hydrogen (secondary N) is 2. The quantitative estimate of drug-likeness (QED) is 0.804. The first-order chi connectivity index (χ1) is 11.3. The third kappa shape index (κ3) is 4.88. The van der Waals surface area contributed by atoms with Crippen molar-refractivity contribution in [2.75, 3.05) is 12.3 Å². The minimum absolute atomic E-state index is 0.136. The number of aryl methyl sites for hydroxylation is 1. The normalized spacial score (nSPS) is 11.5. The fourth-order valence-electron chi connectivity index (χ4n) is 1.99. The van der Waals surface area contributed by atoms with Gasteiger partial charge in [0, 0.05) is 6.54 Å². The Balaban J connectivity index is 1.91. The van der Waals surface area contributed by atoms with Gasteiger partial charge in [0.1, 0.15) is 6.54 Å². The van der Waals surface area contributed by atoms with Crippen LogP contribution in [0.5, 0.6) is 0 Å². The van der Waals surface area contributed by atoms with Gasteiger partial charge in [-0.05, 0) is 19.1 Å². The molecule has 0 saturated carbocycles. The highest BCUT2D eigenvalue weighted by molar-refractivity contribution is 7.99. The van der Waals surface area contributed by atoms with Crippen LogP contribution >= 0.6 is 11.8 Å². The van der Waals surface area contributed by atoms with Crippen molar-refractivity contribution in [3.8, 4) is 0 Å². The second-order valence-electron chi connectivity index (χ2n) is 4.76. The molecule has 0 bridgehead atoms. The van der Waals surface area contributed by atoms with Crippen LogP contribution in [0, 0.1) is 0 Å². The van der Waals surface area contributed by atoms with Crippen molar-refractivity contribution < 1.29 is 22.8 Å². The van der Waals surface area contributed by atoms with Crippen LogP contribution < -0.4 is 10.6 Å². The summed E-state index contributed by atoms with van der Waals surface area (Å²) in [5, 5.41) is 4.02. The van der Waals surface area contributed by atoms with Gasteiger partial charge in [0.05, 0.1) is 16.8 Å². The maximum Gasteiger partial charge on any atom is 0.405 e. The molecule has 2 N–H and O–H groups in total. The number of amides is 3. The summed E-state index contributed by atoms with van der Waals surface area (Å²) in [5.74, 6) is -0.836. The Kier molecular flexibility index (Phi) is 5.71. The number of alkyl halides is 3. The zero-order valence-corrected chi connectivity index (χ0v) is 13.5. The summed E-state index contributed by atoms with van der Waals surface area (Å²) < 4.78 is 37.8. The van der Waals surface area contributed by atoms with Crippen LogP contribution in [0.25, 0.3) is 11.0 Å². The van der Waals surface area contributed by atoms with E-state index < -0.39 is 24.7 Å². The van der Waals surface area contributed by atoms with Crippen LogP contribution in [-0.2, 0) is 11.3 Å². The van der Waals surface area contributed by atoms with Crippen LogP contribution in [0.15, 0.2) is 29.4 Å². The highest BCUT2D eigenvalue weighted by Crippen LogP contribution is 2.23. The van der Waals surface area contributed by atoms with Gasteiger partial charge in [-0.15, -0.1) is 0 Å². The third-order valence-corrected chi connectivity index (χ3v) is 3.95. The number of para-hydroxylation sites is 2. The van der Waals surface area contributed by atoms with Gasteiger partial charge in [-0.2, -0.15) is 13.2 Å². The minimum atomic E-state index is -4.53. The number of carbonyl (C=O) groups excluding carboxylic acids is 2. The summed E-state index contributed by atoms with van der Waals surface area (Å²) in [6, 6.07) is 6.29. The van der Waals surface area contributed by atoms with Crippen molar-refractivity contribution in [1.29, 1.82) is 0 Å². The Labute approximate surface area is 139 Å². The molecule has 0 spiro atoms. The average molecular weight is 360 g/mol. The van der Waals surface area contributed by atoms with E-state index in [-0.39, 0.29) is 5.75 Å². The number of benzene rings is 1. The summed E-state index contributed by atoms with van der Waals surface area (Å²) in [6.07, 6.45) is -4.53. The second kappa shape index (κ2) is 7.56. The van der Waals surface area contributed by atoms with E-state index in [2.05, 4.69) is 4.98 Å². The zero-order valence-electron chi connectivity index (χ0n) is 12.7. The predicted octanol–water partition coefficient (Wildman–Crippen LogP) is 2.54. The number of nitrogens with zero attached hydrogens (tertiary/aromatic N) is 2. The molecule has 0 radical (unpaired) electrons. The molecule has 3 amide bonds. The number of aromatic nitrogens is 2. The monoisotopic (exact) mass is 360 g/mol. The van der Waals surface area contributed by atoms with Crippen molar-refractivity contribution in [1.82, 2.24) is 20.2 Å². The fraction of sp³-hybridized carbons (Fsp3) is 0.357. The summed E-state index contributed by atoms with van der Waals surface area (Å²) >= 11 is 1.11. The number of imidazole rings is 1. The lowest BCUT2D eigenvalue weighted by Crippen LogP contribution is -2.43. The highest BCUT2D eigenvalue weighted by Gasteiger charge is 2.28. The molecule has 1 heterocycles. The van der Waals surface area contributed by atoms with Crippen LogP contribution in [0.2, 0.25) is 0 Å². The summed E-state index contributed by atoms with van der Waals surface area (Å²) in [4.78, 5) is 27.3. The Morgan fingerprint density at radius 2 is 2.00 bits per heavy atom. The number of imide groups is 1. The van der Waals surface area contributed by atoms with E-state index in [4.69, 9.17) is 0 Å². The van der Waals surface area contributed by atoms with Gasteiger partial charge < -0.3 is 9.88 Å². The maximum atomic E-state index is 12.0. The van der Waals surface area contributed by atoms with Gasteiger partial charge in [-0.1, -0.05) is 23.9 Å². The molecule has 1 aromatic heterocycles. The minimum Gasteiger partial charge on any atom is -0.329 e. The van der Waals surface area contributed by atoms with E-state index in [9.17, 15) is 22.8 Å². The fourth-order valence-corrected chi connectivity index (χ4v) is 2.87. The van der Waals surface area contributed by atoms with Crippen LogP contribution in [0.4, 0.5) is 18.0 Å². The molecular weight excluding hydrogens is 345 g/mol. The van der Waals surface area contributed by atoms with E-state index >= 15 is 0 Å². The van der Waals surface area contributed by atoms with Crippen molar-refractivity contribution in [2.45, 2.75) is 24.8 Å². The van der Waals surface area contributed by atoms with Crippen molar-refractivity contribution >= 4 is 34.7 Å². The molecule has 0 unspecified atom stereocenters. The number of urea groups is 1. The van der Waals surface area contributed by atoms with E-state index in [1.165, 1.54) is 0 Å². The molecule has 0 aliphatic carbocycles. The van der Waals surface area contributed by atoms with Crippen molar-refractivity contribution in [3.05, 3.63) is 24.3 Å². The van der Waals surface area contributed by atoms with E-state index in [0.717, 1.165) is 22.8 Å². The van der Waals surface area contributed by atoms with Crippen LogP contribution in [0.1, 0.15) is 6.92 Å². The second-order valence-corrected chi connectivity index (χ2v) is 5.70. The smallest absolute Gasteiger partial charge is 0.329 e. The first-order valence-corrected chi connectivity index (χ1v) is 8.01. The number of rotatable bonds is 5. The molecule has 2 rings (SSSR count). The number of thioether (sulfide) groups is 1. The lowest BCUT2D eigenvalue weighted by Gasteiger charge is -2.09. The standard InChI is InChI=1S/C14H15F3N4O2S/c1-2-21-10-6-4-3-5-9(10)19-13(21)24-7-11(22)20-12(23)18-8-14(15,16)17/h3-6H,2,7-8H2,1H3,(H2,18,20,22,23). The number of hydrogen-bond acceptors (Lipinski definition) is 4. The Morgan fingerprint density at radius 1 is 1.29 bits per heavy atom. The van der Waals surface area contributed by atoms with Crippen LogP contribution in [0.3, 0.4) is 0 Å². The SMILES string of the molecule is CCn1c(SCC(=O)NC(=O)NCC(F)(F)F)nc2ccccc21. The molecule has 0 fully saturated rings. The van der Waals surface area contributed by atoms with Gasteiger partial charge >= 0.3 is 12.2 Å². The van der Waals surface area contributed by atoms with Gasteiger partial charge in [0.25, 0.3) is 0 Å². The molecule has 0 atom stereocenters. The molecule has 0 aliphatic heterocycles. The summed E-state index contributed by atoms with van der Waals surface area (Å²) in [5.41, 5.74) is 1.70. The first kappa shape index (κ1) is 18.1. The largest absolute Gasteiger partial charge is 0.405 e. The number of halogens is 3. The molecule has 10 heteroatoms. The van der Waals surface area contributed by atoms with E-state index in [1.807, 2.05) is 41.1 Å². The molecule has 0 saturated heterocycles. The lowest BCUT2D eigenvalue weighted by molar-refractivity contribution is -0.124. The molecule has 1 aromatic carbocycles. The average Bonchev–Trinajstić information content (AvgIpc) is 2.88. The Bertz CT molecular complexity index is 745. The van der Waals surface area contributed by atoms with Crippen molar-refractivity contribution in [2.24, 2.45) is 0 Å². The predicted molar refractivity (Wildman–Crippen MR) is 83.7 cm³/mol. The van der Waals surface area contributed by atoms with Gasteiger partial charge in [-0.3, -0.25) is 10.1 Å². The first-order valence-electron chi connectivity index (χ1n) is 7.02. The Morgan fingerprint density at radius 3 is 2.67 bits per heavy atom. The van der Waals surface area contributed by atoms with E-state index in [1.54, 1.807) is 5.32 Å². The van der Waals surface area contributed by atoms with Crippen LogP contribution in [-0.4, -0.2) is 40.0 Å². The number of hydrogen-bond donors (Lipinski definition) is 2. The molecule has 6 nitrogen and oxygen atoms in total. The summed E-state index contributed by atoms with van der Waals surface area (Å²) in [6.45, 7) is 1.09.